The third-order valence-electron chi connectivity index (χ3n) is 5.02. The van der Waals surface area contributed by atoms with Crippen LogP contribution in [0, 0.1) is 0 Å². The summed E-state index contributed by atoms with van der Waals surface area (Å²) in [6.45, 7) is 3.63. The molecule has 5 nitrogen and oxygen atoms in total. The zero-order valence-electron chi connectivity index (χ0n) is 14.4. The van der Waals surface area contributed by atoms with Gasteiger partial charge in [-0.05, 0) is 49.1 Å². The summed E-state index contributed by atoms with van der Waals surface area (Å²) in [4.78, 5) is 14.8. The second-order valence-corrected chi connectivity index (χ2v) is 6.63. The average Bonchev–Trinajstić information content (AvgIpc) is 3.12. The lowest BCUT2D eigenvalue weighted by Gasteiger charge is -2.32. The van der Waals surface area contributed by atoms with Crippen molar-refractivity contribution in [2.45, 2.75) is 32.1 Å². The molecule has 3 aromatic rings. The summed E-state index contributed by atoms with van der Waals surface area (Å²) in [5.74, 6) is 1.29. The van der Waals surface area contributed by atoms with Gasteiger partial charge in [-0.2, -0.15) is 0 Å². The van der Waals surface area contributed by atoms with Gasteiger partial charge in [0.05, 0.1) is 0 Å². The fourth-order valence-electron chi connectivity index (χ4n) is 3.58. The molecule has 1 aliphatic rings. The first-order valence-corrected chi connectivity index (χ1v) is 8.94. The van der Waals surface area contributed by atoms with Crippen LogP contribution in [0.4, 0.5) is 0 Å². The van der Waals surface area contributed by atoms with E-state index in [0.717, 1.165) is 42.8 Å². The van der Waals surface area contributed by atoms with Crippen molar-refractivity contribution in [1.82, 2.24) is 19.5 Å². The molecular formula is C20H22N4O. The highest BCUT2D eigenvalue weighted by Gasteiger charge is 2.28. The summed E-state index contributed by atoms with van der Waals surface area (Å²) in [5.41, 5.74) is 2.88. The zero-order valence-corrected chi connectivity index (χ0v) is 14.4. The number of piperidine rings is 1. The first kappa shape index (κ1) is 15.8. The Morgan fingerprint density at radius 1 is 1.16 bits per heavy atom. The predicted octanol–water partition coefficient (Wildman–Crippen LogP) is 3.31. The van der Waals surface area contributed by atoms with E-state index in [1.54, 1.807) is 0 Å². The van der Waals surface area contributed by atoms with Gasteiger partial charge in [-0.25, -0.2) is 0 Å². The molecule has 1 fully saturated rings. The summed E-state index contributed by atoms with van der Waals surface area (Å²) in [6, 6.07) is 13.9. The van der Waals surface area contributed by atoms with Crippen LogP contribution in [0.15, 0.2) is 48.7 Å². The van der Waals surface area contributed by atoms with Crippen LogP contribution < -0.4 is 0 Å². The van der Waals surface area contributed by atoms with Crippen molar-refractivity contribution in [2.24, 2.45) is 0 Å². The SMILES string of the molecule is CCc1ccc(C(=O)N2CCCC(c3nnc4ccccn34)C2)cc1. The Kier molecular flexibility index (Phi) is 4.22. The lowest BCUT2D eigenvalue weighted by molar-refractivity contribution is 0.0704. The van der Waals surface area contributed by atoms with Gasteiger partial charge >= 0.3 is 0 Å². The molecule has 25 heavy (non-hydrogen) atoms. The summed E-state index contributed by atoms with van der Waals surface area (Å²) in [6.07, 6.45) is 5.01. The molecule has 0 spiro atoms. The van der Waals surface area contributed by atoms with Crippen LogP contribution >= 0.6 is 0 Å². The Balaban J connectivity index is 1.55. The molecule has 3 heterocycles. The zero-order chi connectivity index (χ0) is 17.2. The van der Waals surface area contributed by atoms with Crippen LogP contribution in [-0.2, 0) is 6.42 Å². The first-order chi connectivity index (χ1) is 12.3. The number of amides is 1. The van der Waals surface area contributed by atoms with Gasteiger partial charge in [0.15, 0.2) is 5.65 Å². The van der Waals surface area contributed by atoms with E-state index in [0.29, 0.717) is 6.54 Å². The average molecular weight is 334 g/mol. The van der Waals surface area contributed by atoms with Crippen molar-refractivity contribution in [1.29, 1.82) is 0 Å². The number of nitrogens with zero attached hydrogens (tertiary/aromatic N) is 4. The van der Waals surface area contributed by atoms with E-state index in [-0.39, 0.29) is 11.8 Å². The minimum absolute atomic E-state index is 0.112. The predicted molar refractivity (Wildman–Crippen MR) is 96.7 cm³/mol. The molecule has 1 unspecified atom stereocenters. The van der Waals surface area contributed by atoms with Gasteiger partial charge in [-0.1, -0.05) is 25.1 Å². The molecule has 1 aliphatic heterocycles. The molecule has 1 saturated heterocycles. The third-order valence-corrected chi connectivity index (χ3v) is 5.02. The van der Waals surface area contributed by atoms with Crippen LogP contribution in [0.2, 0.25) is 0 Å². The Bertz CT molecular complexity index is 884. The van der Waals surface area contributed by atoms with E-state index < -0.39 is 0 Å². The number of carbonyl (C=O) groups is 1. The maximum absolute atomic E-state index is 12.9. The Morgan fingerprint density at radius 3 is 2.80 bits per heavy atom. The monoisotopic (exact) mass is 334 g/mol. The highest BCUT2D eigenvalue weighted by Crippen LogP contribution is 2.27. The van der Waals surface area contributed by atoms with E-state index in [4.69, 9.17) is 0 Å². The van der Waals surface area contributed by atoms with Crippen LogP contribution in [0.1, 0.15) is 47.4 Å². The van der Waals surface area contributed by atoms with Gasteiger partial charge in [0, 0.05) is 30.8 Å². The van der Waals surface area contributed by atoms with E-state index in [1.165, 1.54) is 5.56 Å². The smallest absolute Gasteiger partial charge is 0.253 e. The van der Waals surface area contributed by atoms with E-state index in [2.05, 4.69) is 17.1 Å². The Labute approximate surface area is 147 Å². The van der Waals surface area contributed by atoms with Crippen LogP contribution in [0.5, 0.6) is 0 Å². The number of benzene rings is 1. The number of hydrogen-bond donors (Lipinski definition) is 0. The van der Waals surface area contributed by atoms with Gasteiger partial charge in [0.25, 0.3) is 5.91 Å². The highest BCUT2D eigenvalue weighted by atomic mass is 16.2. The van der Waals surface area contributed by atoms with Crippen molar-refractivity contribution in [3.8, 4) is 0 Å². The highest BCUT2D eigenvalue weighted by molar-refractivity contribution is 5.94. The van der Waals surface area contributed by atoms with Crippen molar-refractivity contribution in [2.75, 3.05) is 13.1 Å². The fourth-order valence-corrected chi connectivity index (χ4v) is 3.58. The van der Waals surface area contributed by atoms with Crippen molar-refractivity contribution >= 4 is 11.6 Å². The van der Waals surface area contributed by atoms with Crippen LogP contribution in [0.3, 0.4) is 0 Å². The number of pyridine rings is 1. The maximum atomic E-state index is 12.9. The molecule has 0 aliphatic carbocycles. The van der Waals surface area contributed by atoms with Crippen LogP contribution in [-0.4, -0.2) is 38.5 Å². The number of carbonyl (C=O) groups excluding carboxylic acids is 1. The molecule has 2 aromatic heterocycles. The minimum atomic E-state index is 0.112. The molecule has 1 amide bonds. The van der Waals surface area contributed by atoms with Crippen molar-refractivity contribution < 1.29 is 4.79 Å². The summed E-state index contributed by atoms with van der Waals surface area (Å²) >= 11 is 0. The van der Waals surface area contributed by atoms with Gasteiger partial charge in [0.1, 0.15) is 5.82 Å². The molecule has 0 radical (unpaired) electrons. The first-order valence-electron chi connectivity index (χ1n) is 8.94. The lowest BCUT2D eigenvalue weighted by Crippen LogP contribution is -2.39. The molecule has 128 valence electrons. The van der Waals surface area contributed by atoms with Crippen LogP contribution in [0.25, 0.3) is 5.65 Å². The number of rotatable bonds is 3. The third kappa shape index (κ3) is 3.02. The summed E-state index contributed by atoms with van der Waals surface area (Å²) < 4.78 is 2.04. The molecule has 0 N–H and O–H groups in total. The van der Waals surface area contributed by atoms with Gasteiger partial charge in [-0.3, -0.25) is 9.20 Å². The molecule has 4 rings (SSSR count). The van der Waals surface area contributed by atoms with Gasteiger partial charge in [0.2, 0.25) is 0 Å². The molecule has 1 atom stereocenters. The molecule has 1 aromatic carbocycles. The van der Waals surface area contributed by atoms with E-state index >= 15 is 0 Å². The lowest BCUT2D eigenvalue weighted by atomic mass is 9.96. The topological polar surface area (TPSA) is 50.5 Å². The Hall–Kier alpha value is -2.69. The molecule has 5 heteroatoms. The van der Waals surface area contributed by atoms with Gasteiger partial charge < -0.3 is 4.90 Å². The number of fused-ring (bicyclic) bond motifs is 1. The van der Waals surface area contributed by atoms with E-state index in [9.17, 15) is 4.79 Å². The fraction of sp³-hybridized carbons (Fsp3) is 0.350. The van der Waals surface area contributed by atoms with Crippen molar-refractivity contribution in [3.05, 3.63) is 65.6 Å². The molecule has 0 bridgehead atoms. The molecule has 0 saturated carbocycles. The Morgan fingerprint density at radius 2 is 2.00 bits per heavy atom. The summed E-state index contributed by atoms with van der Waals surface area (Å²) in [5, 5.41) is 8.63. The maximum Gasteiger partial charge on any atom is 0.253 e. The minimum Gasteiger partial charge on any atom is -0.338 e. The second-order valence-electron chi connectivity index (χ2n) is 6.63. The number of aryl methyl sites for hydroxylation is 1. The normalized spacial score (nSPS) is 17.8. The van der Waals surface area contributed by atoms with E-state index in [1.807, 2.05) is 58.0 Å². The van der Waals surface area contributed by atoms with Crippen molar-refractivity contribution in [3.63, 3.8) is 0 Å². The second kappa shape index (κ2) is 6.67. The number of hydrogen-bond acceptors (Lipinski definition) is 3. The quantitative estimate of drug-likeness (QED) is 0.738. The standard InChI is InChI=1S/C20H22N4O/c1-2-15-8-10-16(11-9-15)20(25)23-12-5-6-17(14-23)19-22-21-18-7-3-4-13-24(18)19/h3-4,7-11,13,17H,2,5-6,12,14H2,1H3. The largest absolute Gasteiger partial charge is 0.338 e. The molecular weight excluding hydrogens is 312 g/mol. The summed E-state index contributed by atoms with van der Waals surface area (Å²) in [7, 11) is 0. The van der Waals surface area contributed by atoms with Gasteiger partial charge in [-0.15, -0.1) is 10.2 Å². The number of likely N-dealkylation sites (tertiary alicyclic amines) is 1. The number of aromatic nitrogens is 3.